The lowest BCUT2D eigenvalue weighted by atomic mass is 9.95. The van der Waals surface area contributed by atoms with Crippen molar-refractivity contribution in [1.29, 1.82) is 0 Å². The van der Waals surface area contributed by atoms with Crippen LogP contribution >= 0.6 is 0 Å². The molecule has 0 radical (unpaired) electrons. The first kappa shape index (κ1) is 19.0. The van der Waals surface area contributed by atoms with Crippen LogP contribution in [0.15, 0.2) is 42.5 Å². The largest absolute Gasteiger partial charge is 0.496 e. The number of rotatable bonds is 8. The smallest absolute Gasteiger partial charge is 0.182 e. The topological polar surface area (TPSA) is 62.1 Å². The number of ether oxygens (including phenoxy) is 2. The maximum Gasteiger partial charge on any atom is 0.182 e. The fourth-order valence-corrected chi connectivity index (χ4v) is 3.06. The molecule has 0 amide bonds. The Labute approximate surface area is 160 Å². The molecule has 3 rings (SSSR count). The molecular weight excluding hydrogens is 340 g/mol. The summed E-state index contributed by atoms with van der Waals surface area (Å²) < 4.78 is 12.5. The van der Waals surface area contributed by atoms with Crippen molar-refractivity contribution < 1.29 is 9.47 Å². The summed E-state index contributed by atoms with van der Waals surface area (Å²) in [4.78, 5) is 0. The van der Waals surface area contributed by atoms with E-state index < -0.39 is 0 Å². The third-order valence-electron chi connectivity index (χ3n) is 4.57. The molecule has 0 unspecified atom stereocenters. The van der Waals surface area contributed by atoms with Crippen molar-refractivity contribution in [3.63, 3.8) is 0 Å². The zero-order valence-electron chi connectivity index (χ0n) is 16.3. The molecule has 3 aromatic rings. The van der Waals surface area contributed by atoms with Gasteiger partial charge in [0.15, 0.2) is 5.82 Å². The van der Waals surface area contributed by atoms with E-state index in [2.05, 4.69) is 53.6 Å². The zero-order chi connectivity index (χ0) is 19.2. The Morgan fingerprint density at radius 3 is 2.59 bits per heavy atom. The van der Waals surface area contributed by atoms with Crippen LogP contribution in [0.4, 0.5) is 0 Å². The first-order chi connectivity index (χ1) is 13.1. The maximum absolute atomic E-state index is 5.59. The summed E-state index contributed by atoms with van der Waals surface area (Å²) in [5.41, 5.74) is 4.41. The van der Waals surface area contributed by atoms with Gasteiger partial charge in [-0.25, -0.2) is 4.68 Å². The van der Waals surface area contributed by atoms with Gasteiger partial charge in [-0.1, -0.05) is 38.1 Å². The van der Waals surface area contributed by atoms with Crippen molar-refractivity contribution >= 4 is 0 Å². The van der Waals surface area contributed by atoms with E-state index in [1.165, 1.54) is 5.56 Å². The number of nitrogens with zero attached hydrogens (tertiary/aromatic N) is 4. The van der Waals surface area contributed by atoms with Crippen LogP contribution in [0.3, 0.4) is 0 Å². The monoisotopic (exact) mass is 366 g/mol. The van der Waals surface area contributed by atoms with E-state index in [1.54, 1.807) is 14.2 Å². The fraction of sp³-hybridized carbons (Fsp3) is 0.381. The van der Waals surface area contributed by atoms with Gasteiger partial charge in [0.1, 0.15) is 5.75 Å². The highest BCUT2D eigenvalue weighted by Gasteiger charge is 2.13. The van der Waals surface area contributed by atoms with E-state index in [4.69, 9.17) is 9.47 Å². The second kappa shape index (κ2) is 8.77. The van der Waals surface area contributed by atoms with Crippen LogP contribution in [0.5, 0.6) is 5.75 Å². The molecular formula is C21H26N4O2. The molecule has 0 atom stereocenters. The number of hydrogen-bond donors (Lipinski definition) is 0. The van der Waals surface area contributed by atoms with E-state index in [0.29, 0.717) is 19.1 Å². The molecule has 0 bridgehead atoms. The van der Waals surface area contributed by atoms with Gasteiger partial charge in [-0.2, -0.15) is 0 Å². The zero-order valence-corrected chi connectivity index (χ0v) is 16.3. The molecule has 1 heterocycles. The Morgan fingerprint density at radius 2 is 1.85 bits per heavy atom. The molecule has 0 aliphatic rings. The molecule has 2 aromatic carbocycles. The predicted octanol–water partition coefficient (Wildman–Crippen LogP) is 4.18. The van der Waals surface area contributed by atoms with Gasteiger partial charge in [0.25, 0.3) is 0 Å². The summed E-state index contributed by atoms with van der Waals surface area (Å²) in [5, 5.41) is 12.2. The van der Waals surface area contributed by atoms with Crippen LogP contribution in [-0.4, -0.2) is 41.0 Å². The molecule has 0 aliphatic carbocycles. The van der Waals surface area contributed by atoms with Gasteiger partial charge < -0.3 is 9.47 Å². The van der Waals surface area contributed by atoms with Gasteiger partial charge >= 0.3 is 0 Å². The number of benzene rings is 2. The van der Waals surface area contributed by atoms with E-state index >= 15 is 0 Å². The maximum atomic E-state index is 5.59. The van der Waals surface area contributed by atoms with E-state index in [9.17, 15) is 0 Å². The van der Waals surface area contributed by atoms with Crippen LogP contribution in [0, 0.1) is 0 Å². The van der Waals surface area contributed by atoms with E-state index in [0.717, 1.165) is 34.7 Å². The summed E-state index contributed by atoms with van der Waals surface area (Å²) in [5.74, 6) is 2.06. The Kier molecular flexibility index (Phi) is 6.19. The Bertz CT molecular complexity index is 889. The SMILES string of the molecule is COCCCn1nnnc1-c1cccc(-c2cc(C(C)C)ccc2OC)c1. The molecule has 0 saturated carbocycles. The van der Waals surface area contributed by atoms with Crippen LogP contribution in [0.1, 0.15) is 31.7 Å². The van der Waals surface area contributed by atoms with Crippen molar-refractivity contribution in [2.75, 3.05) is 20.8 Å². The molecule has 6 heteroatoms. The van der Waals surface area contributed by atoms with Gasteiger partial charge in [-0.3, -0.25) is 0 Å². The summed E-state index contributed by atoms with van der Waals surface area (Å²) in [6.45, 7) is 5.78. The van der Waals surface area contributed by atoms with Crippen LogP contribution in [0.2, 0.25) is 0 Å². The minimum absolute atomic E-state index is 0.450. The summed E-state index contributed by atoms with van der Waals surface area (Å²) in [6, 6.07) is 14.6. The van der Waals surface area contributed by atoms with Crippen molar-refractivity contribution in [1.82, 2.24) is 20.2 Å². The molecule has 1 aromatic heterocycles. The highest BCUT2D eigenvalue weighted by molar-refractivity contribution is 5.75. The van der Waals surface area contributed by atoms with Gasteiger partial charge in [-0.15, -0.1) is 5.10 Å². The highest BCUT2D eigenvalue weighted by Crippen LogP contribution is 2.34. The Hall–Kier alpha value is -2.73. The number of aromatic nitrogens is 4. The first-order valence-corrected chi connectivity index (χ1v) is 9.18. The summed E-state index contributed by atoms with van der Waals surface area (Å²) in [7, 11) is 3.40. The standard InChI is InChI=1S/C21H26N4O2/c1-15(2)16-9-10-20(27-4)19(14-16)17-7-5-8-18(13-17)21-22-23-24-25(21)11-6-12-26-3/h5,7-10,13-15H,6,11-12H2,1-4H3. The van der Waals surface area contributed by atoms with E-state index in [-0.39, 0.29) is 0 Å². The lowest BCUT2D eigenvalue weighted by Crippen LogP contribution is -2.05. The summed E-state index contributed by atoms with van der Waals surface area (Å²) in [6.07, 6.45) is 0.860. The van der Waals surface area contributed by atoms with Crippen molar-refractivity contribution in [3.05, 3.63) is 48.0 Å². The van der Waals surface area contributed by atoms with Crippen molar-refractivity contribution in [2.24, 2.45) is 0 Å². The van der Waals surface area contributed by atoms with Crippen LogP contribution in [-0.2, 0) is 11.3 Å². The number of hydrogen-bond acceptors (Lipinski definition) is 5. The second-order valence-corrected chi connectivity index (χ2v) is 6.77. The minimum Gasteiger partial charge on any atom is -0.496 e. The molecule has 142 valence electrons. The van der Waals surface area contributed by atoms with Gasteiger partial charge in [-0.05, 0) is 52.1 Å². The average Bonchev–Trinajstić information content (AvgIpc) is 3.16. The van der Waals surface area contributed by atoms with Crippen molar-refractivity contribution in [2.45, 2.75) is 32.7 Å². The lowest BCUT2D eigenvalue weighted by molar-refractivity contribution is 0.189. The van der Waals surface area contributed by atoms with E-state index in [1.807, 2.05) is 22.9 Å². The Balaban J connectivity index is 1.98. The predicted molar refractivity (Wildman–Crippen MR) is 106 cm³/mol. The highest BCUT2D eigenvalue weighted by atomic mass is 16.5. The molecule has 0 N–H and O–H groups in total. The molecule has 0 spiro atoms. The number of tetrazole rings is 1. The fourth-order valence-electron chi connectivity index (χ4n) is 3.06. The van der Waals surface area contributed by atoms with Crippen LogP contribution in [0.25, 0.3) is 22.5 Å². The average molecular weight is 366 g/mol. The molecule has 6 nitrogen and oxygen atoms in total. The second-order valence-electron chi connectivity index (χ2n) is 6.77. The quantitative estimate of drug-likeness (QED) is 0.560. The number of aryl methyl sites for hydroxylation is 1. The minimum atomic E-state index is 0.450. The first-order valence-electron chi connectivity index (χ1n) is 9.18. The lowest BCUT2D eigenvalue weighted by Gasteiger charge is -2.14. The van der Waals surface area contributed by atoms with Gasteiger partial charge in [0.2, 0.25) is 0 Å². The van der Waals surface area contributed by atoms with Crippen molar-refractivity contribution in [3.8, 4) is 28.3 Å². The van der Waals surface area contributed by atoms with Gasteiger partial charge in [0, 0.05) is 31.4 Å². The normalized spacial score (nSPS) is 11.1. The third kappa shape index (κ3) is 4.34. The van der Waals surface area contributed by atoms with Crippen LogP contribution < -0.4 is 4.74 Å². The number of methoxy groups -OCH3 is 2. The third-order valence-corrected chi connectivity index (χ3v) is 4.57. The molecule has 0 saturated heterocycles. The van der Waals surface area contributed by atoms with Gasteiger partial charge in [0.05, 0.1) is 7.11 Å². The molecule has 0 fully saturated rings. The molecule has 0 aliphatic heterocycles. The summed E-state index contributed by atoms with van der Waals surface area (Å²) >= 11 is 0. The Morgan fingerprint density at radius 1 is 1.04 bits per heavy atom. The molecule has 27 heavy (non-hydrogen) atoms.